The molecular weight excluding hydrogens is 326 g/mol. The molecule has 4 rings (SSSR count). The molecule has 0 spiro atoms. The Balaban J connectivity index is 0.00000169. The molecule has 7 nitrogen and oxygen atoms in total. The number of aryl methyl sites for hydroxylation is 1. The number of hydrogen-bond acceptors (Lipinski definition) is 5. The zero-order chi connectivity index (χ0) is 15.8. The second-order valence-electron chi connectivity index (χ2n) is 5.26. The number of nitrogens with zero attached hydrogens (tertiary/aromatic N) is 4. The summed E-state index contributed by atoms with van der Waals surface area (Å²) in [5, 5.41) is 8.31. The number of benzene rings is 1. The number of nitrogens with two attached hydrogens (primary N) is 1. The first-order valence-electron chi connectivity index (χ1n) is 7.15. The highest BCUT2D eigenvalue weighted by Gasteiger charge is 2.09. The zero-order valence-electron chi connectivity index (χ0n) is 12.9. The normalized spacial score (nSPS) is 10.5. The number of aromatic nitrogens is 5. The van der Waals surface area contributed by atoms with Crippen LogP contribution in [0.2, 0.25) is 0 Å². The van der Waals surface area contributed by atoms with Crippen LogP contribution in [0.1, 0.15) is 0 Å². The number of fused-ring (bicyclic) bond motifs is 1. The fourth-order valence-electron chi connectivity index (χ4n) is 2.59. The Morgan fingerprint density at radius 3 is 2.88 bits per heavy atom. The minimum Gasteiger partial charge on any atom is -0.397 e. The Kier molecular flexibility index (Phi) is 4.09. The van der Waals surface area contributed by atoms with Crippen molar-refractivity contribution in [1.29, 1.82) is 0 Å². The molecule has 24 heavy (non-hydrogen) atoms. The number of rotatable bonds is 3. The minimum atomic E-state index is 0. The molecule has 0 aliphatic heterocycles. The summed E-state index contributed by atoms with van der Waals surface area (Å²) < 4.78 is 1.72. The van der Waals surface area contributed by atoms with Gasteiger partial charge in [-0.3, -0.25) is 4.68 Å². The fraction of sp³-hybridized carbons (Fsp3) is 0.0625. The van der Waals surface area contributed by atoms with Gasteiger partial charge >= 0.3 is 0 Å². The molecule has 0 bridgehead atoms. The van der Waals surface area contributed by atoms with Crippen molar-refractivity contribution in [3.8, 4) is 11.3 Å². The van der Waals surface area contributed by atoms with Crippen molar-refractivity contribution in [2.75, 3.05) is 11.1 Å². The molecule has 122 valence electrons. The number of halogens is 1. The Morgan fingerprint density at radius 2 is 2.08 bits per heavy atom. The van der Waals surface area contributed by atoms with Crippen molar-refractivity contribution in [2.24, 2.45) is 7.05 Å². The van der Waals surface area contributed by atoms with Crippen molar-refractivity contribution < 1.29 is 0 Å². The molecule has 0 amide bonds. The smallest absolute Gasteiger partial charge is 0.227 e. The Bertz CT molecular complexity index is 989. The monoisotopic (exact) mass is 341 g/mol. The van der Waals surface area contributed by atoms with Crippen molar-refractivity contribution in [1.82, 2.24) is 24.7 Å². The third kappa shape index (κ3) is 2.77. The lowest BCUT2D eigenvalue weighted by atomic mass is 10.1. The second kappa shape index (κ2) is 6.21. The minimum absolute atomic E-state index is 0. The first kappa shape index (κ1) is 15.8. The number of anilines is 3. The van der Waals surface area contributed by atoms with E-state index in [0.717, 1.165) is 33.5 Å². The van der Waals surface area contributed by atoms with Gasteiger partial charge in [0.05, 0.1) is 28.8 Å². The maximum Gasteiger partial charge on any atom is 0.227 e. The summed E-state index contributed by atoms with van der Waals surface area (Å²) in [4.78, 5) is 12.0. The predicted octanol–water partition coefficient (Wildman–Crippen LogP) is 3.11. The van der Waals surface area contributed by atoms with Gasteiger partial charge in [-0.2, -0.15) is 5.10 Å². The van der Waals surface area contributed by atoms with Crippen LogP contribution in [-0.4, -0.2) is 24.7 Å². The van der Waals surface area contributed by atoms with Gasteiger partial charge in [-0.1, -0.05) is 6.07 Å². The summed E-state index contributed by atoms with van der Waals surface area (Å²) in [5.74, 6) is 0.524. The number of aromatic amines is 1. The molecule has 0 unspecified atom stereocenters. The summed E-state index contributed by atoms with van der Waals surface area (Å²) in [6.07, 6.45) is 7.20. The lowest BCUT2D eigenvalue weighted by Crippen LogP contribution is -1.97. The van der Waals surface area contributed by atoms with Crippen LogP contribution in [0.3, 0.4) is 0 Å². The molecule has 0 saturated heterocycles. The molecular formula is C16H16ClN7. The summed E-state index contributed by atoms with van der Waals surface area (Å²) in [7, 11) is 1.86. The molecule has 0 fully saturated rings. The summed E-state index contributed by atoms with van der Waals surface area (Å²) in [6, 6.07) is 7.73. The number of nitrogen functional groups attached to an aromatic ring is 1. The zero-order valence-corrected chi connectivity index (χ0v) is 13.7. The Labute approximate surface area is 144 Å². The molecule has 4 N–H and O–H groups in total. The third-order valence-corrected chi connectivity index (χ3v) is 3.65. The second-order valence-corrected chi connectivity index (χ2v) is 5.26. The average Bonchev–Trinajstić information content (AvgIpc) is 3.18. The molecule has 0 aliphatic carbocycles. The lowest BCUT2D eigenvalue weighted by Gasteiger charge is -2.07. The molecule has 3 aromatic heterocycles. The van der Waals surface area contributed by atoms with Crippen molar-refractivity contribution in [3.63, 3.8) is 0 Å². The Hall–Kier alpha value is -3.06. The van der Waals surface area contributed by atoms with E-state index in [1.165, 1.54) is 0 Å². The van der Waals surface area contributed by atoms with Gasteiger partial charge in [0, 0.05) is 36.6 Å². The number of hydrogen-bond donors (Lipinski definition) is 3. The molecule has 0 saturated carbocycles. The van der Waals surface area contributed by atoms with Gasteiger partial charge in [0.2, 0.25) is 5.95 Å². The fourth-order valence-corrected chi connectivity index (χ4v) is 2.59. The van der Waals surface area contributed by atoms with E-state index in [4.69, 9.17) is 5.73 Å². The highest BCUT2D eigenvalue weighted by atomic mass is 35.5. The SMILES string of the molecule is Cl.Cn1cc(Nc2nccc(-c3ccc(N)c4[nH]ccc34)n2)cn1. The van der Waals surface area contributed by atoms with E-state index in [1.807, 2.05) is 43.7 Å². The van der Waals surface area contributed by atoms with E-state index in [0.29, 0.717) is 5.95 Å². The molecule has 4 aromatic rings. The first-order valence-corrected chi connectivity index (χ1v) is 7.15. The van der Waals surface area contributed by atoms with E-state index in [2.05, 4.69) is 25.4 Å². The molecule has 1 aromatic carbocycles. The maximum absolute atomic E-state index is 6.00. The van der Waals surface area contributed by atoms with Crippen LogP contribution in [0.4, 0.5) is 17.3 Å². The third-order valence-electron chi connectivity index (χ3n) is 3.65. The molecule has 8 heteroatoms. The van der Waals surface area contributed by atoms with Crippen molar-refractivity contribution in [3.05, 3.63) is 49.1 Å². The van der Waals surface area contributed by atoms with Crippen LogP contribution in [0.5, 0.6) is 0 Å². The first-order chi connectivity index (χ1) is 11.2. The lowest BCUT2D eigenvalue weighted by molar-refractivity contribution is 0.768. The molecule has 0 aliphatic rings. The summed E-state index contributed by atoms with van der Waals surface area (Å²) >= 11 is 0. The van der Waals surface area contributed by atoms with E-state index >= 15 is 0 Å². The van der Waals surface area contributed by atoms with Gasteiger partial charge in [0.15, 0.2) is 0 Å². The van der Waals surface area contributed by atoms with Crippen LogP contribution >= 0.6 is 12.4 Å². The summed E-state index contributed by atoms with van der Waals surface area (Å²) in [6.45, 7) is 0. The standard InChI is InChI=1S/C16H15N7.ClH/c1-23-9-10(8-20-23)21-16-19-7-5-14(22-16)11-2-3-13(17)15-12(11)4-6-18-15;/h2-9,18H,17H2,1H3,(H,19,21,22);1H. The van der Waals surface area contributed by atoms with Crippen LogP contribution in [0.25, 0.3) is 22.2 Å². The number of H-pyrrole nitrogens is 1. The van der Waals surface area contributed by atoms with Crippen molar-refractivity contribution in [2.45, 2.75) is 0 Å². The maximum atomic E-state index is 6.00. The van der Waals surface area contributed by atoms with E-state index < -0.39 is 0 Å². The van der Waals surface area contributed by atoms with Crippen LogP contribution in [-0.2, 0) is 7.05 Å². The van der Waals surface area contributed by atoms with Crippen molar-refractivity contribution >= 4 is 40.6 Å². The van der Waals surface area contributed by atoms with Crippen LogP contribution in [0.15, 0.2) is 49.1 Å². The van der Waals surface area contributed by atoms with E-state index in [-0.39, 0.29) is 12.4 Å². The van der Waals surface area contributed by atoms with Gasteiger partial charge in [0.1, 0.15) is 0 Å². The largest absolute Gasteiger partial charge is 0.397 e. The number of nitrogens with one attached hydrogen (secondary N) is 2. The quantitative estimate of drug-likeness (QED) is 0.497. The highest BCUT2D eigenvalue weighted by Crippen LogP contribution is 2.30. The van der Waals surface area contributed by atoms with Gasteiger partial charge in [0.25, 0.3) is 0 Å². The Morgan fingerprint density at radius 1 is 1.21 bits per heavy atom. The van der Waals surface area contributed by atoms with Crippen LogP contribution < -0.4 is 11.1 Å². The molecule has 3 heterocycles. The highest BCUT2D eigenvalue weighted by molar-refractivity contribution is 6.00. The molecule has 0 radical (unpaired) electrons. The van der Waals surface area contributed by atoms with Gasteiger partial charge < -0.3 is 16.0 Å². The average molecular weight is 342 g/mol. The predicted molar refractivity (Wildman–Crippen MR) is 97.5 cm³/mol. The van der Waals surface area contributed by atoms with Gasteiger partial charge in [-0.15, -0.1) is 12.4 Å². The van der Waals surface area contributed by atoms with Gasteiger partial charge in [-0.05, 0) is 18.2 Å². The van der Waals surface area contributed by atoms with E-state index in [9.17, 15) is 0 Å². The van der Waals surface area contributed by atoms with Crippen LogP contribution in [0, 0.1) is 0 Å². The van der Waals surface area contributed by atoms with Gasteiger partial charge in [-0.25, -0.2) is 9.97 Å². The molecule has 0 atom stereocenters. The summed E-state index contributed by atoms with van der Waals surface area (Å²) in [5.41, 5.74) is 10.3. The topological polar surface area (TPSA) is 97.4 Å². The van der Waals surface area contributed by atoms with E-state index in [1.54, 1.807) is 17.1 Å².